The molecule has 1 heterocycles. The van der Waals surface area contributed by atoms with E-state index in [1.54, 1.807) is 13.3 Å². The second-order valence-electron chi connectivity index (χ2n) is 4.41. The molecule has 0 saturated heterocycles. The van der Waals surface area contributed by atoms with Crippen molar-refractivity contribution >= 4 is 0 Å². The SMILES string of the molecule is COCCNCc1ccnc(-c2cccc(C)c2)n1. The molecule has 4 nitrogen and oxygen atoms in total. The van der Waals surface area contributed by atoms with Gasteiger partial charge < -0.3 is 10.1 Å². The molecule has 19 heavy (non-hydrogen) atoms. The van der Waals surface area contributed by atoms with E-state index in [2.05, 4.69) is 34.3 Å². The summed E-state index contributed by atoms with van der Waals surface area (Å²) in [5, 5.41) is 3.28. The molecule has 2 rings (SSSR count). The quantitative estimate of drug-likeness (QED) is 0.806. The molecule has 2 aromatic rings. The van der Waals surface area contributed by atoms with Gasteiger partial charge in [0.25, 0.3) is 0 Å². The van der Waals surface area contributed by atoms with Crippen LogP contribution in [0.5, 0.6) is 0 Å². The molecule has 0 unspecified atom stereocenters. The summed E-state index contributed by atoms with van der Waals surface area (Å²) in [4.78, 5) is 8.90. The molecular formula is C15H19N3O. The molecule has 4 heteroatoms. The molecule has 0 fully saturated rings. The summed E-state index contributed by atoms with van der Waals surface area (Å²) in [6, 6.07) is 10.2. The maximum absolute atomic E-state index is 4.99. The van der Waals surface area contributed by atoms with Gasteiger partial charge in [-0.15, -0.1) is 0 Å². The molecule has 0 aliphatic heterocycles. The minimum Gasteiger partial charge on any atom is -0.383 e. The first-order valence-electron chi connectivity index (χ1n) is 6.38. The third-order valence-electron chi connectivity index (χ3n) is 2.78. The van der Waals surface area contributed by atoms with Gasteiger partial charge in [-0.1, -0.05) is 23.8 Å². The van der Waals surface area contributed by atoms with E-state index in [0.29, 0.717) is 6.61 Å². The maximum atomic E-state index is 4.99. The van der Waals surface area contributed by atoms with E-state index in [1.807, 2.05) is 18.2 Å². The van der Waals surface area contributed by atoms with E-state index in [1.165, 1.54) is 5.56 Å². The third-order valence-corrected chi connectivity index (χ3v) is 2.78. The predicted octanol–water partition coefficient (Wildman–Crippen LogP) is 2.19. The monoisotopic (exact) mass is 257 g/mol. The first kappa shape index (κ1) is 13.6. The van der Waals surface area contributed by atoms with Gasteiger partial charge >= 0.3 is 0 Å². The van der Waals surface area contributed by atoms with Crippen molar-refractivity contribution in [3.63, 3.8) is 0 Å². The smallest absolute Gasteiger partial charge is 0.159 e. The maximum Gasteiger partial charge on any atom is 0.159 e. The van der Waals surface area contributed by atoms with Crippen LogP contribution in [0.15, 0.2) is 36.5 Å². The van der Waals surface area contributed by atoms with Crippen LogP contribution in [-0.4, -0.2) is 30.2 Å². The highest BCUT2D eigenvalue weighted by Crippen LogP contribution is 2.15. The fourth-order valence-corrected chi connectivity index (χ4v) is 1.81. The van der Waals surface area contributed by atoms with Crippen LogP contribution < -0.4 is 5.32 Å². The van der Waals surface area contributed by atoms with Gasteiger partial charge in [-0.3, -0.25) is 0 Å². The Morgan fingerprint density at radius 3 is 2.95 bits per heavy atom. The molecule has 1 N–H and O–H groups in total. The predicted molar refractivity (Wildman–Crippen MR) is 75.8 cm³/mol. The summed E-state index contributed by atoms with van der Waals surface area (Å²) < 4.78 is 4.99. The van der Waals surface area contributed by atoms with Gasteiger partial charge in [0, 0.05) is 32.0 Å². The number of hydrogen-bond acceptors (Lipinski definition) is 4. The zero-order valence-corrected chi connectivity index (χ0v) is 11.4. The van der Waals surface area contributed by atoms with Crippen molar-refractivity contribution in [3.05, 3.63) is 47.8 Å². The lowest BCUT2D eigenvalue weighted by Crippen LogP contribution is -2.19. The van der Waals surface area contributed by atoms with Crippen LogP contribution in [-0.2, 0) is 11.3 Å². The molecule has 0 saturated carbocycles. The Morgan fingerprint density at radius 1 is 1.26 bits per heavy atom. The number of nitrogens with one attached hydrogen (secondary N) is 1. The number of benzene rings is 1. The molecule has 0 aliphatic carbocycles. The average molecular weight is 257 g/mol. The molecule has 1 aromatic heterocycles. The zero-order chi connectivity index (χ0) is 13.5. The standard InChI is InChI=1S/C15H19N3O/c1-12-4-3-5-13(10-12)15-17-7-6-14(18-15)11-16-8-9-19-2/h3-7,10,16H,8-9,11H2,1-2H3. The van der Waals surface area contributed by atoms with Crippen molar-refractivity contribution in [1.82, 2.24) is 15.3 Å². The minimum atomic E-state index is 0.704. The summed E-state index contributed by atoms with van der Waals surface area (Å²) >= 11 is 0. The van der Waals surface area contributed by atoms with Gasteiger partial charge in [0.1, 0.15) is 0 Å². The third kappa shape index (κ3) is 4.12. The van der Waals surface area contributed by atoms with Crippen molar-refractivity contribution in [2.45, 2.75) is 13.5 Å². The highest BCUT2D eigenvalue weighted by molar-refractivity contribution is 5.55. The van der Waals surface area contributed by atoms with Gasteiger partial charge in [-0.2, -0.15) is 0 Å². The van der Waals surface area contributed by atoms with E-state index in [-0.39, 0.29) is 0 Å². The van der Waals surface area contributed by atoms with E-state index in [9.17, 15) is 0 Å². The Kier molecular flexibility index (Phi) is 5.01. The van der Waals surface area contributed by atoms with Crippen molar-refractivity contribution in [2.24, 2.45) is 0 Å². The fourth-order valence-electron chi connectivity index (χ4n) is 1.81. The van der Waals surface area contributed by atoms with E-state index >= 15 is 0 Å². The Labute approximate surface area is 113 Å². The average Bonchev–Trinajstić information content (AvgIpc) is 2.44. The highest BCUT2D eigenvalue weighted by Gasteiger charge is 2.02. The Balaban J connectivity index is 2.06. The second kappa shape index (κ2) is 6.97. The van der Waals surface area contributed by atoms with Crippen molar-refractivity contribution in [1.29, 1.82) is 0 Å². The summed E-state index contributed by atoms with van der Waals surface area (Å²) in [6.45, 7) is 4.32. The first-order chi connectivity index (χ1) is 9.29. The van der Waals surface area contributed by atoms with Crippen LogP contribution in [0.2, 0.25) is 0 Å². The molecule has 0 bridgehead atoms. The number of rotatable bonds is 6. The summed E-state index contributed by atoms with van der Waals surface area (Å²) in [5.41, 5.74) is 3.26. The lowest BCUT2D eigenvalue weighted by molar-refractivity contribution is 0.199. The number of nitrogens with zero attached hydrogens (tertiary/aromatic N) is 2. The lowest BCUT2D eigenvalue weighted by atomic mass is 10.1. The van der Waals surface area contributed by atoms with E-state index in [0.717, 1.165) is 30.2 Å². The lowest BCUT2D eigenvalue weighted by Gasteiger charge is -2.06. The Hall–Kier alpha value is -1.78. The fraction of sp³-hybridized carbons (Fsp3) is 0.333. The van der Waals surface area contributed by atoms with Gasteiger partial charge in [-0.25, -0.2) is 9.97 Å². The molecule has 0 spiro atoms. The van der Waals surface area contributed by atoms with Crippen LogP contribution in [0.3, 0.4) is 0 Å². The second-order valence-corrected chi connectivity index (χ2v) is 4.41. The van der Waals surface area contributed by atoms with Crippen LogP contribution in [0.25, 0.3) is 11.4 Å². The summed E-state index contributed by atoms with van der Waals surface area (Å²) in [6.07, 6.45) is 1.80. The van der Waals surface area contributed by atoms with Crippen molar-refractivity contribution < 1.29 is 4.74 Å². The van der Waals surface area contributed by atoms with Crippen molar-refractivity contribution in [2.75, 3.05) is 20.3 Å². The normalized spacial score (nSPS) is 10.6. The van der Waals surface area contributed by atoms with Gasteiger partial charge in [0.05, 0.1) is 12.3 Å². The topological polar surface area (TPSA) is 47.0 Å². The van der Waals surface area contributed by atoms with Crippen molar-refractivity contribution in [3.8, 4) is 11.4 Å². The molecule has 1 aromatic carbocycles. The Morgan fingerprint density at radius 2 is 2.16 bits per heavy atom. The number of hydrogen-bond donors (Lipinski definition) is 1. The molecular weight excluding hydrogens is 238 g/mol. The van der Waals surface area contributed by atoms with Gasteiger partial charge in [0.2, 0.25) is 0 Å². The molecule has 0 aliphatic rings. The summed E-state index contributed by atoms with van der Waals surface area (Å²) in [7, 11) is 1.70. The largest absolute Gasteiger partial charge is 0.383 e. The van der Waals surface area contributed by atoms with Crippen LogP contribution >= 0.6 is 0 Å². The van der Waals surface area contributed by atoms with E-state index < -0.39 is 0 Å². The van der Waals surface area contributed by atoms with Crippen LogP contribution in [0.1, 0.15) is 11.3 Å². The van der Waals surface area contributed by atoms with E-state index in [4.69, 9.17) is 4.74 Å². The zero-order valence-electron chi connectivity index (χ0n) is 11.4. The molecule has 0 atom stereocenters. The van der Waals surface area contributed by atoms with Crippen LogP contribution in [0, 0.1) is 6.92 Å². The number of methoxy groups -OCH3 is 1. The molecule has 0 radical (unpaired) electrons. The number of aryl methyl sites for hydroxylation is 1. The molecule has 100 valence electrons. The number of aromatic nitrogens is 2. The number of ether oxygens (including phenoxy) is 1. The first-order valence-corrected chi connectivity index (χ1v) is 6.38. The highest BCUT2D eigenvalue weighted by atomic mass is 16.5. The summed E-state index contributed by atoms with van der Waals surface area (Å²) in [5.74, 6) is 0.773. The van der Waals surface area contributed by atoms with Gasteiger partial charge in [-0.05, 0) is 19.1 Å². The Bertz CT molecular complexity index is 528. The van der Waals surface area contributed by atoms with Gasteiger partial charge in [0.15, 0.2) is 5.82 Å². The van der Waals surface area contributed by atoms with Crippen LogP contribution in [0.4, 0.5) is 0 Å². The molecule has 0 amide bonds. The minimum absolute atomic E-state index is 0.704.